The maximum Gasteiger partial charge on any atom is 0.187 e. The molecule has 0 fully saturated rings. The molecule has 1 aliphatic rings. The van der Waals surface area contributed by atoms with Crippen LogP contribution in [0, 0.1) is 5.92 Å². The normalized spacial score (nSPS) is 17.9. The monoisotopic (exact) mass is 300 g/mol. The molecule has 0 aliphatic carbocycles. The van der Waals surface area contributed by atoms with Crippen molar-refractivity contribution in [2.45, 2.75) is 25.0 Å². The third-order valence-corrected chi connectivity index (χ3v) is 4.39. The molecule has 1 atom stereocenters. The molecule has 1 aromatic heterocycles. The molecule has 1 N–H and O–H groups in total. The first-order valence-electron chi connectivity index (χ1n) is 7.11. The predicted octanol–water partition coefficient (Wildman–Crippen LogP) is 3.83. The standard InChI is InChI=1S/C16H20N4S/c1-10(2)15-12-9-11(5-6-14(12)19-20(15)3)13-7-8-17-16(18-13)21-4/h5-10,15,19H,1-4H3. The Balaban J connectivity index is 2.03. The SMILES string of the molecule is CSc1nccc(-c2ccc3c(c2)C(C(C)C)N(C)N3)n1. The number of thioether (sulfide) groups is 1. The van der Waals surface area contributed by atoms with Crippen LogP contribution >= 0.6 is 11.8 Å². The smallest absolute Gasteiger partial charge is 0.187 e. The van der Waals surface area contributed by atoms with E-state index in [4.69, 9.17) is 0 Å². The summed E-state index contributed by atoms with van der Waals surface area (Å²) in [5.74, 6) is 0.547. The van der Waals surface area contributed by atoms with Gasteiger partial charge in [-0.3, -0.25) is 0 Å². The first-order valence-corrected chi connectivity index (χ1v) is 8.33. The number of aromatic nitrogens is 2. The molecule has 0 spiro atoms. The Labute approximate surface area is 130 Å². The minimum absolute atomic E-state index is 0.391. The van der Waals surface area contributed by atoms with Crippen LogP contribution in [0.15, 0.2) is 35.6 Å². The highest BCUT2D eigenvalue weighted by Gasteiger charge is 2.30. The van der Waals surface area contributed by atoms with Crippen molar-refractivity contribution >= 4 is 17.4 Å². The van der Waals surface area contributed by atoms with Crippen LogP contribution in [0.4, 0.5) is 5.69 Å². The lowest BCUT2D eigenvalue weighted by Crippen LogP contribution is -2.26. The van der Waals surface area contributed by atoms with Crippen LogP contribution in [0.25, 0.3) is 11.3 Å². The first kappa shape index (κ1) is 14.4. The van der Waals surface area contributed by atoms with Crippen molar-refractivity contribution in [3.8, 4) is 11.3 Å². The molecule has 0 amide bonds. The van der Waals surface area contributed by atoms with E-state index in [0.29, 0.717) is 12.0 Å². The van der Waals surface area contributed by atoms with Gasteiger partial charge in [-0.1, -0.05) is 31.7 Å². The second kappa shape index (κ2) is 5.66. The van der Waals surface area contributed by atoms with Crippen molar-refractivity contribution in [1.82, 2.24) is 15.0 Å². The number of anilines is 1. The summed E-state index contributed by atoms with van der Waals surface area (Å²) >= 11 is 1.57. The summed E-state index contributed by atoms with van der Waals surface area (Å²) in [4.78, 5) is 8.84. The van der Waals surface area contributed by atoms with Gasteiger partial charge in [0.1, 0.15) is 0 Å². The third kappa shape index (κ3) is 2.63. The highest BCUT2D eigenvalue weighted by molar-refractivity contribution is 7.98. The van der Waals surface area contributed by atoms with Crippen molar-refractivity contribution in [3.63, 3.8) is 0 Å². The number of fused-ring (bicyclic) bond motifs is 1. The lowest BCUT2D eigenvalue weighted by Gasteiger charge is -2.23. The van der Waals surface area contributed by atoms with Gasteiger partial charge in [0.2, 0.25) is 0 Å². The van der Waals surface area contributed by atoms with E-state index < -0.39 is 0 Å². The lowest BCUT2D eigenvalue weighted by atomic mass is 9.94. The molecule has 0 radical (unpaired) electrons. The van der Waals surface area contributed by atoms with E-state index >= 15 is 0 Å². The average molecular weight is 300 g/mol. The fourth-order valence-electron chi connectivity index (χ4n) is 2.94. The number of rotatable bonds is 3. The van der Waals surface area contributed by atoms with Gasteiger partial charge in [-0.2, -0.15) is 0 Å². The zero-order valence-electron chi connectivity index (χ0n) is 12.8. The molecule has 110 valence electrons. The maximum atomic E-state index is 4.59. The molecule has 1 unspecified atom stereocenters. The summed E-state index contributed by atoms with van der Waals surface area (Å²) in [6, 6.07) is 8.88. The molecule has 1 aromatic carbocycles. The van der Waals surface area contributed by atoms with E-state index in [0.717, 1.165) is 16.4 Å². The summed E-state index contributed by atoms with van der Waals surface area (Å²) < 4.78 is 0. The Morgan fingerprint density at radius 1 is 1.29 bits per heavy atom. The highest BCUT2D eigenvalue weighted by Crippen LogP contribution is 2.40. The van der Waals surface area contributed by atoms with E-state index in [2.05, 4.69) is 59.5 Å². The molecular formula is C16H20N4S. The summed E-state index contributed by atoms with van der Waals surface area (Å²) in [7, 11) is 2.10. The second-order valence-corrected chi connectivity index (χ2v) is 6.42. The van der Waals surface area contributed by atoms with Gasteiger partial charge in [0.05, 0.1) is 17.4 Å². The van der Waals surface area contributed by atoms with Crippen LogP contribution in [0.1, 0.15) is 25.5 Å². The van der Waals surface area contributed by atoms with E-state index in [1.807, 2.05) is 18.5 Å². The number of hydrogen-bond acceptors (Lipinski definition) is 5. The topological polar surface area (TPSA) is 41.1 Å². The number of hydrazine groups is 1. The number of nitrogens with one attached hydrogen (secondary N) is 1. The quantitative estimate of drug-likeness (QED) is 0.689. The van der Waals surface area contributed by atoms with Crippen LogP contribution in [-0.2, 0) is 0 Å². The van der Waals surface area contributed by atoms with E-state index in [9.17, 15) is 0 Å². The molecule has 1 aliphatic heterocycles. The summed E-state index contributed by atoms with van der Waals surface area (Å²) in [5, 5.41) is 3.00. The summed E-state index contributed by atoms with van der Waals surface area (Å²) in [5.41, 5.74) is 8.09. The summed E-state index contributed by atoms with van der Waals surface area (Å²) in [6.45, 7) is 4.50. The lowest BCUT2D eigenvalue weighted by molar-refractivity contribution is 0.253. The van der Waals surface area contributed by atoms with Gasteiger partial charge in [0.15, 0.2) is 5.16 Å². The van der Waals surface area contributed by atoms with Gasteiger partial charge in [-0.15, -0.1) is 0 Å². The largest absolute Gasteiger partial charge is 0.318 e. The fourth-order valence-corrected chi connectivity index (χ4v) is 3.30. The Kier molecular flexibility index (Phi) is 3.87. The minimum Gasteiger partial charge on any atom is -0.318 e. The second-order valence-electron chi connectivity index (χ2n) is 5.64. The van der Waals surface area contributed by atoms with Gasteiger partial charge in [-0.05, 0) is 35.9 Å². The molecule has 4 nitrogen and oxygen atoms in total. The molecule has 0 bridgehead atoms. The molecule has 3 rings (SSSR count). The van der Waals surface area contributed by atoms with Crippen molar-refractivity contribution < 1.29 is 0 Å². The van der Waals surface area contributed by atoms with Crippen molar-refractivity contribution in [1.29, 1.82) is 0 Å². The Hall–Kier alpha value is -1.59. The van der Waals surface area contributed by atoms with E-state index in [1.165, 1.54) is 11.3 Å². The van der Waals surface area contributed by atoms with Crippen LogP contribution < -0.4 is 5.43 Å². The first-order chi connectivity index (χ1) is 10.1. The van der Waals surface area contributed by atoms with Gasteiger partial charge >= 0.3 is 0 Å². The van der Waals surface area contributed by atoms with Crippen LogP contribution in [-0.4, -0.2) is 28.3 Å². The molecule has 2 heterocycles. The zero-order chi connectivity index (χ0) is 15.0. The molecule has 21 heavy (non-hydrogen) atoms. The van der Waals surface area contributed by atoms with Gasteiger partial charge in [0.25, 0.3) is 0 Å². The van der Waals surface area contributed by atoms with Crippen molar-refractivity contribution in [2.24, 2.45) is 5.92 Å². The third-order valence-electron chi connectivity index (χ3n) is 3.83. The highest BCUT2D eigenvalue weighted by atomic mass is 32.2. The van der Waals surface area contributed by atoms with Crippen LogP contribution in [0.5, 0.6) is 0 Å². The molecule has 0 saturated carbocycles. The Morgan fingerprint density at radius 2 is 2.10 bits per heavy atom. The van der Waals surface area contributed by atoms with Gasteiger partial charge < -0.3 is 5.43 Å². The Morgan fingerprint density at radius 3 is 2.81 bits per heavy atom. The maximum absolute atomic E-state index is 4.59. The molecular weight excluding hydrogens is 280 g/mol. The van der Waals surface area contributed by atoms with Gasteiger partial charge in [-0.25, -0.2) is 15.0 Å². The van der Waals surface area contributed by atoms with E-state index in [1.54, 1.807) is 11.8 Å². The summed E-state index contributed by atoms with van der Waals surface area (Å²) in [6.07, 6.45) is 3.82. The molecule has 0 saturated heterocycles. The predicted molar refractivity (Wildman–Crippen MR) is 88.2 cm³/mol. The van der Waals surface area contributed by atoms with Gasteiger partial charge in [0, 0.05) is 18.8 Å². The van der Waals surface area contributed by atoms with Crippen molar-refractivity contribution in [2.75, 3.05) is 18.7 Å². The van der Waals surface area contributed by atoms with E-state index in [-0.39, 0.29) is 0 Å². The molecule has 5 heteroatoms. The number of nitrogens with zero attached hydrogens (tertiary/aromatic N) is 3. The van der Waals surface area contributed by atoms with Crippen molar-refractivity contribution in [3.05, 3.63) is 36.0 Å². The van der Waals surface area contributed by atoms with Crippen LogP contribution in [0.2, 0.25) is 0 Å². The van der Waals surface area contributed by atoms with Crippen LogP contribution in [0.3, 0.4) is 0 Å². The number of hydrogen-bond donors (Lipinski definition) is 1. The molecule has 2 aromatic rings. The number of benzene rings is 1. The average Bonchev–Trinajstić information content (AvgIpc) is 2.82. The zero-order valence-corrected chi connectivity index (χ0v) is 13.6. The Bertz CT molecular complexity index is 656. The fraction of sp³-hybridized carbons (Fsp3) is 0.375. The minimum atomic E-state index is 0.391.